The number of hydrogen-bond acceptors (Lipinski definition) is 7. The van der Waals surface area contributed by atoms with Crippen LogP contribution >= 0.6 is 11.6 Å². The second kappa shape index (κ2) is 10.8. The molecule has 10 nitrogen and oxygen atoms in total. The number of rotatable bonds is 7. The first-order valence-corrected chi connectivity index (χ1v) is 12.2. The van der Waals surface area contributed by atoms with Crippen molar-refractivity contribution in [2.24, 2.45) is 0 Å². The summed E-state index contributed by atoms with van der Waals surface area (Å²) in [4.78, 5) is 49.6. The second-order valence-electron chi connectivity index (χ2n) is 8.73. The van der Waals surface area contributed by atoms with Gasteiger partial charge in [0.2, 0.25) is 0 Å². The molecule has 0 spiro atoms. The van der Waals surface area contributed by atoms with Crippen molar-refractivity contribution in [3.8, 4) is 5.75 Å². The standard InChI is InChI=1S/C27H23ClN6O4/c1-38-18-7-9-30-25(12-18)32-26(36)19-6-5-16(10-21(19)28)15-34-23(11-17-4-2-3-8-29-17)24(35)13-22-20(27(34)37)14-31-33-22/h2-10,12,14,23H,11,13,15H2,1H3,(H,31,33)(H,30,32,36). The van der Waals surface area contributed by atoms with Gasteiger partial charge in [0.15, 0.2) is 5.78 Å². The molecule has 5 rings (SSSR count). The van der Waals surface area contributed by atoms with Crippen LogP contribution in [0.2, 0.25) is 5.02 Å². The highest BCUT2D eigenvalue weighted by molar-refractivity contribution is 6.34. The van der Waals surface area contributed by atoms with Crippen LogP contribution < -0.4 is 10.1 Å². The van der Waals surface area contributed by atoms with Crippen LogP contribution in [0.4, 0.5) is 5.82 Å². The fourth-order valence-corrected chi connectivity index (χ4v) is 4.63. The van der Waals surface area contributed by atoms with Gasteiger partial charge >= 0.3 is 0 Å². The van der Waals surface area contributed by atoms with Crippen LogP contribution in [0, 0.1) is 0 Å². The SMILES string of the molecule is COc1ccnc(NC(=O)c2ccc(CN3C(=O)c4cn[nH]c4CC(=O)C3Cc3ccccn3)cc2Cl)c1. The van der Waals surface area contributed by atoms with Crippen molar-refractivity contribution in [2.45, 2.75) is 25.4 Å². The van der Waals surface area contributed by atoms with Crippen LogP contribution in [-0.2, 0) is 24.2 Å². The first-order chi connectivity index (χ1) is 18.4. The summed E-state index contributed by atoms with van der Waals surface area (Å²) in [6.07, 6.45) is 4.94. The van der Waals surface area contributed by atoms with Gasteiger partial charge in [0.25, 0.3) is 11.8 Å². The predicted octanol–water partition coefficient (Wildman–Crippen LogP) is 3.49. The van der Waals surface area contributed by atoms with E-state index in [0.717, 1.165) is 0 Å². The molecule has 0 aliphatic carbocycles. The molecule has 2 amide bonds. The van der Waals surface area contributed by atoms with Gasteiger partial charge in [-0.3, -0.25) is 24.5 Å². The number of benzene rings is 1. The van der Waals surface area contributed by atoms with Crippen molar-refractivity contribution >= 4 is 35.0 Å². The number of carbonyl (C=O) groups excluding carboxylic acids is 3. The maximum absolute atomic E-state index is 13.5. The highest BCUT2D eigenvalue weighted by Crippen LogP contribution is 2.26. The van der Waals surface area contributed by atoms with E-state index in [1.165, 1.54) is 24.4 Å². The number of anilines is 1. The molecule has 1 unspecified atom stereocenters. The van der Waals surface area contributed by atoms with E-state index in [1.807, 2.05) is 12.1 Å². The lowest BCUT2D eigenvalue weighted by atomic mass is 10.0. The molecule has 192 valence electrons. The van der Waals surface area contributed by atoms with Gasteiger partial charge in [0.1, 0.15) is 11.6 Å². The Morgan fingerprint density at radius 2 is 2.03 bits per heavy atom. The Morgan fingerprint density at radius 3 is 2.79 bits per heavy atom. The molecule has 0 saturated heterocycles. The van der Waals surface area contributed by atoms with E-state index >= 15 is 0 Å². The third kappa shape index (κ3) is 5.25. The van der Waals surface area contributed by atoms with Crippen molar-refractivity contribution in [2.75, 3.05) is 12.4 Å². The van der Waals surface area contributed by atoms with Gasteiger partial charge in [-0.25, -0.2) is 4.98 Å². The fraction of sp³-hybridized carbons (Fsp3) is 0.185. The fourth-order valence-electron chi connectivity index (χ4n) is 4.34. The van der Waals surface area contributed by atoms with Crippen LogP contribution in [0.3, 0.4) is 0 Å². The molecular weight excluding hydrogens is 508 g/mol. The topological polar surface area (TPSA) is 130 Å². The number of pyridine rings is 2. The molecule has 11 heteroatoms. The van der Waals surface area contributed by atoms with Crippen LogP contribution in [0.5, 0.6) is 5.75 Å². The Hall–Kier alpha value is -4.57. The number of carbonyl (C=O) groups is 3. The van der Waals surface area contributed by atoms with E-state index in [9.17, 15) is 14.4 Å². The van der Waals surface area contributed by atoms with Crippen LogP contribution in [0.25, 0.3) is 0 Å². The molecule has 2 N–H and O–H groups in total. The molecule has 0 bridgehead atoms. The lowest BCUT2D eigenvalue weighted by Gasteiger charge is -2.29. The lowest BCUT2D eigenvalue weighted by molar-refractivity contribution is -0.122. The van der Waals surface area contributed by atoms with Crippen molar-refractivity contribution in [1.82, 2.24) is 25.1 Å². The molecule has 0 radical (unpaired) electrons. The molecule has 1 aliphatic heterocycles. The van der Waals surface area contributed by atoms with E-state index in [4.69, 9.17) is 16.3 Å². The predicted molar refractivity (Wildman–Crippen MR) is 139 cm³/mol. The number of H-pyrrole nitrogens is 1. The third-order valence-corrected chi connectivity index (χ3v) is 6.59. The van der Waals surface area contributed by atoms with Crippen LogP contribution in [0.15, 0.2) is 67.1 Å². The highest BCUT2D eigenvalue weighted by atomic mass is 35.5. The van der Waals surface area contributed by atoms with Gasteiger partial charge in [-0.05, 0) is 35.9 Å². The number of aromatic nitrogens is 4. The minimum atomic E-state index is -0.737. The van der Waals surface area contributed by atoms with Gasteiger partial charge in [0.05, 0.1) is 47.6 Å². The normalized spacial score (nSPS) is 15.1. The first kappa shape index (κ1) is 25.1. The Kier molecular flexibility index (Phi) is 7.14. The zero-order valence-corrected chi connectivity index (χ0v) is 21.1. The summed E-state index contributed by atoms with van der Waals surface area (Å²) < 4.78 is 5.16. The molecule has 4 heterocycles. The Labute approximate surface area is 223 Å². The van der Waals surface area contributed by atoms with E-state index < -0.39 is 11.9 Å². The maximum atomic E-state index is 13.5. The average Bonchev–Trinajstić information content (AvgIpc) is 3.36. The van der Waals surface area contributed by atoms with Gasteiger partial charge in [-0.2, -0.15) is 5.10 Å². The van der Waals surface area contributed by atoms with E-state index in [1.54, 1.807) is 42.6 Å². The number of methoxy groups -OCH3 is 1. The van der Waals surface area contributed by atoms with Crippen molar-refractivity contribution in [3.63, 3.8) is 0 Å². The number of fused-ring (bicyclic) bond motifs is 1. The minimum Gasteiger partial charge on any atom is -0.497 e. The number of halogens is 1. The number of ketones is 1. The average molecular weight is 531 g/mol. The van der Waals surface area contributed by atoms with Gasteiger partial charge < -0.3 is 15.0 Å². The first-order valence-electron chi connectivity index (χ1n) is 11.8. The van der Waals surface area contributed by atoms with Gasteiger partial charge in [-0.1, -0.05) is 23.7 Å². The van der Waals surface area contributed by atoms with E-state index in [-0.39, 0.29) is 41.7 Å². The number of nitrogens with zero attached hydrogens (tertiary/aromatic N) is 4. The highest BCUT2D eigenvalue weighted by Gasteiger charge is 2.36. The van der Waals surface area contributed by atoms with E-state index in [2.05, 4.69) is 25.5 Å². The van der Waals surface area contributed by atoms with Crippen molar-refractivity contribution in [1.29, 1.82) is 0 Å². The molecule has 0 saturated carbocycles. The van der Waals surface area contributed by atoms with E-state index in [0.29, 0.717) is 34.1 Å². The summed E-state index contributed by atoms with van der Waals surface area (Å²) in [5, 5.41) is 9.62. The summed E-state index contributed by atoms with van der Waals surface area (Å²) in [7, 11) is 1.52. The summed E-state index contributed by atoms with van der Waals surface area (Å²) in [6, 6.07) is 12.9. The molecule has 1 aromatic carbocycles. The number of ether oxygens (including phenoxy) is 1. The number of nitrogens with one attached hydrogen (secondary N) is 2. The van der Waals surface area contributed by atoms with Crippen LogP contribution in [-0.4, -0.2) is 55.8 Å². The Bertz CT molecular complexity index is 1510. The number of Topliss-reactive ketones (excluding diaryl/α,β-unsaturated/α-hetero) is 1. The molecule has 38 heavy (non-hydrogen) atoms. The van der Waals surface area contributed by atoms with Gasteiger partial charge in [-0.15, -0.1) is 0 Å². The summed E-state index contributed by atoms with van der Waals surface area (Å²) in [6.45, 7) is 0.103. The second-order valence-corrected chi connectivity index (χ2v) is 9.14. The van der Waals surface area contributed by atoms with Crippen LogP contribution in [0.1, 0.15) is 37.7 Å². The molecule has 1 atom stereocenters. The number of hydrogen-bond donors (Lipinski definition) is 2. The molecule has 0 fully saturated rings. The summed E-state index contributed by atoms with van der Waals surface area (Å²) in [5.74, 6) is -0.0206. The number of amides is 2. The monoisotopic (exact) mass is 530 g/mol. The van der Waals surface area contributed by atoms with Crippen molar-refractivity contribution < 1.29 is 19.1 Å². The molecule has 1 aliphatic rings. The zero-order valence-electron chi connectivity index (χ0n) is 20.3. The number of aromatic amines is 1. The van der Waals surface area contributed by atoms with Gasteiger partial charge in [0, 0.05) is 37.1 Å². The maximum Gasteiger partial charge on any atom is 0.258 e. The smallest absolute Gasteiger partial charge is 0.258 e. The third-order valence-electron chi connectivity index (χ3n) is 6.28. The summed E-state index contributed by atoms with van der Waals surface area (Å²) in [5.41, 5.74) is 2.44. The Balaban J connectivity index is 1.40. The molecule has 4 aromatic rings. The molecular formula is C27H23ClN6O4. The minimum absolute atomic E-state index is 0.0627. The Morgan fingerprint density at radius 1 is 1.16 bits per heavy atom. The molecule has 3 aromatic heterocycles. The lowest BCUT2D eigenvalue weighted by Crippen LogP contribution is -2.45. The largest absolute Gasteiger partial charge is 0.497 e. The quantitative estimate of drug-likeness (QED) is 0.374. The summed E-state index contributed by atoms with van der Waals surface area (Å²) >= 11 is 6.49. The van der Waals surface area contributed by atoms with Crippen molar-refractivity contribution in [3.05, 3.63) is 100 Å². The zero-order chi connectivity index (χ0) is 26.6.